The molecule has 0 amide bonds. The molecule has 0 unspecified atom stereocenters. The quantitative estimate of drug-likeness (QED) is 0.823. The zero-order valence-electron chi connectivity index (χ0n) is 10.0. The minimum Gasteiger partial charge on any atom is -0.398 e. The predicted molar refractivity (Wildman–Crippen MR) is 74.3 cm³/mol. The second kappa shape index (κ2) is 5.27. The van der Waals surface area contributed by atoms with Crippen molar-refractivity contribution in [1.82, 2.24) is 0 Å². The van der Waals surface area contributed by atoms with Crippen LogP contribution in [0.4, 0.5) is 15.8 Å². The van der Waals surface area contributed by atoms with Gasteiger partial charge in [-0.2, -0.15) is 0 Å². The summed E-state index contributed by atoms with van der Waals surface area (Å²) in [5.74, 6) is -0.330. The van der Waals surface area contributed by atoms with E-state index in [-0.39, 0.29) is 5.82 Å². The molecule has 4 heteroatoms. The van der Waals surface area contributed by atoms with Crippen LogP contribution in [0.3, 0.4) is 0 Å². The van der Waals surface area contributed by atoms with Crippen molar-refractivity contribution in [3.05, 3.63) is 58.4 Å². The van der Waals surface area contributed by atoms with Crippen LogP contribution in [-0.2, 0) is 6.54 Å². The lowest BCUT2D eigenvalue weighted by molar-refractivity contribution is 0.627. The first-order chi connectivity index (χ1) is 8.58. The van der Waals surface area contributed by atoms with Gasteiger partial charge < -0.3 is 11.1 Å². The van der Waals surface area contributed by atoms with Crippen LogP contribution in [0.1, 0.15) is 11.1 Å². The van der Waals surface area contributed by atoms with E-state index in [9.17, 15) is 4.39 Å². The molecule has 0 atom stereocenters. The first kappa shape index (κ1) is 12.7. The molecule has 0 aliphatic heterocycles. The third kappa shape index (κ3) is 2.74. The zero-order chi connectivity index (χ0) is 13.1. The molecule has 0 fully saturated rings. The molecule has 0 bridgehead atoms. The maximum Gasteiger partial charge on any atom is 0.124 e. The number of rotatable bonds is 3. The van der Waals surface area contributed by atoms with Crippen LogP contribution in [0.2, 0.25) is 5.02 Å². The number of anilines is 2. The normalized spacial score (nSPS) is 10.4. The Labute approximate surface area is 111 Å². The number of nitrogens with two attached hydrogens (primary N) is 1. The van der Waals surface area contributed by atoms with E-state index >= 15 is 0 Å². The van der Waals surface area contributed by atoms with Gasteiger partial charge in [0.15, 0.2) is 0 Å². The second-order valence-electron chi connectivity index (χ2n) is 4.11. The van der Waals surface area contributed by atoms with Gasteiger partial charge in [0.05, 0.1) is 0 Å². The van der Waals surface area contributed by atoms with E-state index < -0.39 is 0 Å². The summed E-state index contributed by atoms with van der Waals surface area (Å²) in [5, 5.41) is 3.66. The highest BCUT2D eigenvalue weighted by Gasteiger charge is 2.04. The molecule has 18 heavy (non-hydrogen) atoms. The summed E-state index contributed by atoms with van der Waals surface area (Å²) in [7, 11) is 0. The van der Waals surface area contributed by atoms with E-state index in [1.165, 1.54) is 12.1 Å². The molecule has 2 aromatic carbocycles. The van der Waals surface area contributed by atoms with E-state index in [2.05, 4.69) is 5.32 Å². The van der Waals surface area contributed by atoms with Gasteiger partial charge in [-0.25, -0.2) is 4.39 Å². The Bertz CT molecular complexity index is 570. The number of hydrogen-bond acceptors (Lipinski definition) is 2. The van der Waals surface area contributed by atoms with Crippen LogP contribution in [-0.4, -0.2) is 0 Å². The second-order valence-corrected chi connectivity index (χ2v) is 4.52. The number of benzene rings is 2. The first-order valence-electron chi connectivity index (χ1n) is 5.61. The fourth-order valence-corrected chi connectivity index (χ4v) is 1.93. The van der Waals surface area contributed by atoms with Crippen LogP contribution in [0, 0.1) is 12.7 Å². The lowest BCUT2D eigenvalue weighted by atomic mass is 10.1. The number of nitrogens with one attached hydrogen (secondary N) is 1. The molecule has 0 saturated carbocycles. The molecule has 0 heterocycles. The molecule has 3 N–H and O–H groups in total. The van der Waals surface area contributed by atoms with Crippen LogP contribution in [0.25, 0.3) is 0 Å². The summed E-state index contributed by atoms with van der Waals surface area (Å²) in [6.07, 6.45) is 0. The minimum absolute atomic E-state index is 0.330. The number of hydrogen-bond donors (Lipinski definition) is 2. The topological polar surface area (TPSA) is 38.0 Å². The third-order valence-corrected chi connectivity index (χ3v) is 3.21. The molecule has 0 aliphatic carbocycles. The first-order valence-corrected chi connectivity index (χ1v) is 5.98. The highest BCUT2D eigenvalue weighted by Crippen LogP contribution is 2.23. The molecular weight excluding hydrogens is 251 g/mol. The molecule has 0 aliphatic rings. The average molecular weight is 265 g/mol. The largest absolute Gasteiger partial charge is 0.398 e. The van der Waals surface area contributed by atoms with Gasteiger partial charge in [0, 0.05) is 22.9 Å². The van der Waals surface area contributed by atoms with Gasteiger partial charge in [-0.3, -0.25) is 0 Å². The van der Waals surface area contributed by atoms with Gasteiger partial charge in [-0.1, -0.05) is 23.7 Å². The van der Waals surface area contributed by atoms with E-state index in [1.54, 1.807) is 6.07 Å². The van der Waals surface area contributed by atoms with E-state index in [0.717, 1.165) is 22.5 Å². The highest BCUT2D eigenvalue weighted by molar-refractivity contribution is 6.31. The standard InChI is InChI=1S/C14H14ClFN2/c1-9-13(17)3-2-4-14(9)18-8-10-5-6-11(16)7-12(10)15/h2-7,18H,8,17H2,1H3. The Kier molecular flexibility index (Phi) is 3.72. The smallest absolute Gasteiger partial charge is 0.124 e. The highest BCUT2D eigenvalue weighted by atomic mass is 35.5. The van der Waals surface area contributed by atoms with Gasteiger partial charge in [-0.15, -0.1) is 0 Å². The van der Waals surface area contributed by atoms with E-state index in [4.69, 9.17) is 17.3 Å². The van der Waals surface area contributed by atoms with E-state index in [1.807, 2.05) is 25.1 Å². The van der Waals surface area contributed by atoms with Crippen molar-refractivity contribution in [2.75, 3.05) is 11.1 Å². The summed E-state index contributed by atoms with van der Waals surface area (Å²) < 4.78 is 12.9. The van der Waals surface area contributed by atoms with Crippen molar-refractivity contribution in [2.24, 2.45) is 0 Å². The Morgan fingerprint density at radius 3 is 2.78 bits per heavy atom. The molecule has 2 nitrogen and oxygen atoms in total. The maximum absolute atomic E-state index is 12.9. The van der Waals surface area contributed by atoms with Crippen LogP contribution in [0.5, 0.6) is 0 Å². The van der Waals surface area contributed by atoms with Gasteiger partial charge in [0.2, 0.25) is 0 Å². The Morgan fingerprint density at radius 1 is 1.28 bits per heavy atom. The minimum atomic E-state index is -0.330. The van der Waals surface area contributed by atoms with Crippen LogP contribution < -0.4 is 11.1 Å². The molecule has 0 aromatic heterocycles. The maximum atomic E-state index is 12.9. The molecule has 0 radical (unpaired) electrons. The average Bonchev–Trinajstić information content (AvgIpc) is 2.33. The molecular formula is C14H14ClFN2. The number of halogens is 2. The Morgan fingerprint density at radius 2 is 2.06 bits per heavy atom. The summed E-state index contributed by atoms with van der Waals surface area (Å²) in [6, 6.07) is 10.1. The molecule has 2 aromatic rings. The monoisotopic (exact) mass is 264 g/mol. The predicted octanol–water partition coefficient (Wildman–Crippen LogP) is 3.98. The molecule has 0 spiro atoms. The van der Waals surface area contributed by atoms with Crippen molar-refractivity contribution in [2.45, 2.75) is 13.5 Å². The molecule has 94 valence electrons. The Hall–Kier alpha value is -1.74. The summed E-state index contributed by atoms with van der Waals surface area (Å²) >= 11 is 5.96. The molecule has 0 saturated heterocycles. The van der Waals surface area contributed by atoms with Crippen LogP contribution in [0.15, 0.2) is 36.4 Å². The fourth-order valence-electron chi connectivity index (χ4n) is 1.70. The van der Waals surface area contributed by atoms with Gasteiger partial charge in [0.1, 0.15) is 5.82 Å². The van der Waals surface area contributed by atoms with Crippen molar-refractivity contribution in [1.29, 1.82) is 0 Å². The summed E-state index contributed by atoms with van der Waals surface area (Å²) in [6.45, 7) is 2.48. The zero-order valence-corrected chi connectivity index (χ0v) is 10.8. The van der Waals surface area contributed by atoms with Crippen molar-refractivity contribution in [3.63, 3.8) is 0 Å². The Balaban J connectivity index is 2.14. The van der Waals surface area contributed by atoms with Crippen molar-refractivity contribution >= 4 is 23.0 Å². The summed E-state index contributed by atoms with van der Waals surface area (Å²) in [5.41, 5.74) is 9.36. The van der Waals surface area contributed by atoms with Crippen molar-refractivity contribution < 1.29 is 4.39 Å². The lowest BCUT2D eigenvalue weighted by Crippen LogP contribution is -2.03. The fraction of sp³-hybridized carbons (Fsp3) is 0.143. The molecule has 2 rings (SSSR count). The van der Waals surface area contributed by atoms with Gasteiger partial charge in [0.25, 0.3) is 0 Å². The number of nitrogen functional groups attached to an aromatic ring is 1. The SMILES string of the molecule is Cc1c(N)cccc1NCc1ccc(F)cc1Cl. The van der Waals surface area contributed by atoms with Gasteiger partial charge in [-0.05, 0) is 42.3 Å². The van der Waals surface area contributed by atoms with Crippen molar-refractivity contribution in [3.8, 4) is 0 Å². The van der Waals surface area contributed by atoms with Crippen LogP contribution >= 0.6 is 11.6 Å². The third-order valence-electron chi connectivity index (χ3n) is 2.86. The van der Waals surface area contributed by atoms with E-state index in [0.29, 0.717) is 11.6 Å². The summed E-state index contributed by atoms with van der Waals surface area (Å²) in [4.78, 5) is 0. The van der Waals surface area contributed by atoms with Gasteiger partial charge >= 0.3 is 0 Å². The lowest BCUT2D eigenvalue weighted by Gasteiger charge is -2.12.